The molecule has 0 aromatic carbocycles. The molecule has 0 saturated heterocycles. The zero-order valence-electron chi connectivity index (χ0n) is 7.90. The van der Waals surface area contributed by atoms with Crippen LogP contribution in [0.25, 0.3) is 0 Å². The second-order valence-corrected chi connectivity index (χ2v) is 3.73. The summed E-state index contributed by atoms with van der Waals surface area (Å²) in [5.74, 6) is 0.912. The first-order chi connectivity index (χ1) is 6.20. The van der Waals surface area contributed by atoms with Crippen LogP contribution in [0.5, 0.6) is 0 Å². The first kappa shape index (κ1) is 8.41. The Hall–Kier alpha value is -1.19. The highest BCUT2D eigenvalue weighted by Crippen LogP contribution is 2.37. The Morgan fingerprint density at radius 3 is 2.85 bits per heavy atom. The van der Waals surface area contributed by atoms with Gasteiger partial charge < -0.3 is 0 Å². The molecule has 1 saturated carbocycles. The van der Waals surface area contributed by atoms with Gasteiger partial charge in [0.1, 0.15) is 5.69 Å². The standard InChI is InChI=1S/C9H13N3O/c1-6(7-3-4-7)9(13)8-5-10-11-12(8)2/h5-7H,3-4H2,1-2H3. The maximum absolute atomic E-state index is 11.8. The lowest BCUT2D eigenvalue weighted by Crippen LogP contribution is -2.16. The lowest BCUT2D eigenvalue weighted by molar-refractivity contribution is 0.0906. The van der Waals surface area contributed by atoms with Gasteiger partial charge in [0, 0.05) is 13.0 Å². The Balaban J connectivity index is 2.16. The van der Waals surface area contributed by atoms with Crippen molar-refractivity contribution in [3.05, 3.63) is 11.9 Å². The van der Waals surface area contributed by atoms with Crippen LogP contribution >= 0.6 is 0 Å². The summed E-state index contributed by atoms with van der Waals surface area (Å²) >= 11 is 0. The Bertz CT molecular complexity index is 327. The van der Waals surface area contributed by atoms with Crippen molar-refractivity contribution in [3.8, 4) is 0 Å². The van der Waals surface area contributed by atoms with Gasteiger partial charge in [0.05, 0.1) is 6.20 Å². The van der Waals surface area contributed by atoms with Gasteiger partial charge in [-0.3, -0.25) is 4.79 Å². The van der Waals surface area contributed by atoms with Crippen molar-refractivity contribution in [3.63, 3.8) is 0 Å². The zero-order chi connectivity index (χ0) is 9.42. The predicted octanol–water partition coefficient (Wildman–Crippen LogP) is 1.04. The predicted molar refractivity (Wildman–Crippen MR) is 47.2 cm³/mol. The fourth-order valence-electron chi connectivity index (χ4n) is 1.56. The van der Waals surface area contributed by atoms with E-state index in [1.54, 1.807) is 17.9 Å². The molecule has 13 heavy (non-hydrogen) atoms. The van der Waals surface area contributed by atoms with Gasteiger partial charge in [-0.05, 0) is 18.8 Å². The fraction of sp³-hybridized carbons (Fsp3) is 0.667. The summed E-state index contributed by atoms with van der Waals surface area (Å²) < 4.78 is 1.54. The molecule has 4 nitrogen and oxygen atoms in total. The maximum Gasteiger partial charge on any atom is 0.185 e. The van der Waals surface area contributed by atoms with E-state index in [-0.39, 0.29) is 11.7 Å². The molecular formula is C9H13N3O. The number of carbonyl (C=O) groups excluding carboxylic acids is 1. The topological polar surface area (TPSA) is 47.8 Å². The fourth-order valence-corrected chi connectivity index (χ4v) is 1.56. The average Bonchev–Trinajstić information content (AvgIpc) is 2.87. The molecule has 0 spiro atoms. The van der Waals surface area contributed by atoms with E-state index < -0.39 is 0 Å². The van der Waals surface area contributed by atoms with E-state index in [0.717, 1.165) is 0 Å². The number of hydrogen-bond acceptors (Lipinski definition) is 3. The molecule has 1 unspecified atom stereocenters. The van der Waals surface area contributed by atoms with E-state index in [9.17, 15) is 4.79 Å². The molecule has 0 aliphatic heterocycles. The lowest BCUT2D eigenvalue weighted by Gasteiger charge is -2.07. The summed E-state index contributed by atoms with van der Waals surface area (Å²) in [6.07, 6.45) is 3.93. The van der Waals surface area contributed by atoms with Crippen molar-refractivity contribution in [2.75, 3.05) is 0 Å². The Morgan fingerprint density at radius 1 is 1.69 bits per heavy atom. The van der Waals surface area contributed by atoms with Crippen LogP contribution in [-0.4, -0.2) is 20.8 Å². The van der Waals surface area contributed by atoms with Gasteiger partial charge in [0.15, 0.2) is 5.78 Å². The number of Topliss-reactive ketones (excluding diaryl/α,β-unsaturated/α-hetero) is 1. The van der Waals surface area contributed by atoms with E-state index in [0.29, 0.717) is 11.6 Å². The van der Waals surface area contributed by atoms with Crippen LogP contribution in [0.3, 0.4) is 0 Å². The minimum absolute atomic E-state index is 0.136. The molecule has 0 amide bonds. The molecular weight excluding hydrogens is 166 g/mol. The molecule has 1 heterocycles. The first-order valence-corrected chi connectivity index (χ1v) is 4.59. The molecule has 1 atom stereocenters. The van der Waals surface area contributed by atoms with Crippen molar-refractivity contribution in [1.82, 2.24) is 15.0 Å². The number of ketones is 1. The number of rotatable bonds is 3. The Morgan fingerprint density at radius 2 is 2.38 bits per heavy atom. The summed E-state index contributed by atoms with van der Waals surface area (Å²) in [5.41, 5.74) is 0.624. The maximum atomic E-state index is 11.8. The summed E-state index contributed by atoms with van der Waals surface area (Å²) in [4.78, 5) is 11.8. The van der Waals surface area contributed by atoms with E-state index in [4.69, 9.17) is 0 Å². The highest BCUT2D eigenvalue weighted by atomic mass is 16.1. The highest BCUT2D eigenvalue weighted by molar-refractivity contribution is 5.96. The summed E-state index contributed by atoms with van der Waals surface area (Å²) in [7, 11) is 1.75. The molecule has 0 N–H and O–H groups in total. The molecule has 0 radical (unpaired) electrons. The number of aryl methyl sites for hydroxylation is 1. The van der Waals surface area contributed by atoms with Gasteiger partial charge in [0.25, 0.3) is 0 Å². The number of aromatic nitrogens is 3. The monoisotopic (exact) mass is 179 g/mol. The van der Waals surface area contributed by atoms with Crippen LogP contribution in [-0.2, 0) is 7.05 Å². The largest absolute Gasteiger partial charge is 0.292 e. The SMILES string of the molecule is CC(C(=O)c1cnnn1C)C1CC1. The van der Waals surface area contributed by atoms with E-state index in [2.05, 4.69) is 10.3 Å². The second-order valence-electron chi connectivity index (χ2n) is 3.73. The zero-order valence-corrected chi connectivity index (χ0v) is 7.90. The molecule has 70 valence electrons. The van der Waals surface area contributed by atoms with Crippen LogP contribution in [0.4, 0.5) is 0 Å². The van der Waals surface area contributed by atoms with Crippen LogP contribution in [0.1, 0.15) is 30.3 Å². The van der Waals surface area contributed by atoms with Crippen molar-refractivity contribution in [2.24, 2.45) is 18.9 Å². The molecule has 1 aromatic rings. The van der Waals surface area contributed by atoms with Gasteiger partial charge in [-0.2, -0.15) is 0 Å². The van der Waals surface area contributed by atoms with Gasteiger partial charge in [0.2, 0.25) is 0 Å². The number of carbonyl (C=O) groups is 1. The average molecular weight is 179 g/mol. The van der Waals surface area contributed by atoms with Crippen molar-refractivity contribution in [1.29, 1.82) is 0 Å². The first-order valence-electron chi connectivity index (χ1n) is 4.59. The van der Waals surface area contributed by atoms with Crippen LogP contribution in [0.2, 0.25) is 0 Å². The van der Waals surface area contributed by atoms with E-state index in [1.165, 1.54) is 12.8 Å². The molecule has 1 fully saturated rings. The molecule has 1 aromatic heterocycles. The van der Waals surface area contributed by atoms with Crippen molar-refractivity contribution < 1.29 is 4.79 Å². The smallest absolute Gasteiger partial charge is 0.185 e. The molecule has 1 aliphatic carbocycles. The third-order valence-electron chi connectivity index (χ3n) is 2.71. The van der Waals surface area contributed by atoms with Gasteiger partial charge >= 0.3 is 0 Å². The van der Waals surface area contributed by atoms with Crippen molar-refractivity contribution in [2.45, 2.75) is 19.8 Å². The number of hydrogen-bond donors (Lipinski definition) is 0. The van der Waals surface area contributed by atoms with Crippen LogP contribution in [0, 0.1) is 11.8 Å². The Labute approximate surface area is 76.9 Å². The molecule has 0 bridgehead atoms. The van der Waals surface area contributed by atoms with Crippen LogP contribution in [0.15, 0.2) is 6.20 Å². The van der Waals surface area contributed by atoms with Crippen LogP contribution < -0.4 is 0 Å². The third kappa shape index (κ3) is 1.48. The summed E-state index contributed by atoms with van der Waals surface area (Å²) in [6.45, 7) is 1.99. The summed E-state index contributed by atoms with van der Waals surface area (Å²) in [5, 5.41) is 7.44. The highest BCUT2D eigenvalue weighted by Gasteiger charge is 2.34. The molecule has 2 rings (SSSR count). The number of nitrogens with zero attached hydrogens (tertiary/aromatic N) is 3. The van der Waals surface area contributed by atoms with Gasteiger partial charge in [-0.25, -0.2) is 4.68 Å². The molecule has 1 aliphatic rings. The Kier molecular flexibility index (Phi) is 1.90. The van der Waals surface area contributed by atoms with Gasteiger partial charge in [-0.1, -0.05) is 12.1 Å². The minimum atomic E-state index is 0.136. The van der Waals surface area contributed by atoms with Gasteiger partial charge in [-0.15, -0.1) is 5.10 Å². The van der Waals surface area contributed by atoms with E-state index >= 15 is 0 Å². The third-order valence-corrected chi connectivity index (χ3v) is 2.71. The lowest BCUT2D eigenvalue weighted by atomic mass is 9.99. The van der Waals surface area contributed by atoms with E-state index in [1.807, 2.05) is 6.92 Å². The second kappa shape index (κ2) is 2.94. The van der Waals surface area contributed by atoms with Crippen molar-refractivity contribution >= 4 is 5.78 Å². The quantitative estimate of drug-likeness (QED) is 0.651. The minimum Gasteiger partial charge on any atom is -0.292 e. The normalized spacial score (nSPS) is 18.6. The molecule has 4 heteroatoms. The summed E-state index contributed by atoms with van der Waals surface area (Å²) in [6, 6.07) is 0.